The zero-order valence-electron chi connectivity index (χ0n) is 9.57. The molecule has 0 atom stereocenters. The van der Waals surface area contributed by atoms with E-state index in [1.807, 2.05) is 19.0 Å². The second-order valence-corrected chi connectivity index (χ2v) is 4.87. The van der Waals surface area contributed by atoms with E-state index in [0.29, 0.717) is 32.1 Å². The van der Waals surface area contributed by atoms with Crippen molar-refractivity contribution in [3.8, 4) is 0 Å². The van der Waals surface area contributed by atoms with Crippen LogP contribution in [0.1, 0.15) is 32.1 Å². The summed E-state index contributed by atoms with van der Waals surface area (Å²) in [6.07, 6.45) is 2.85. The first-order valence-electron chi connectivity index (χ1n) is 5.52. The van der Waals surface area contributed by atoms with Gasteiger partial charge in [-0.1, -0.05) is 0 Å². The summed E-state index contributed by atoms with van der Waals surface area (Å²) < 4.78 is 0. The molecule has 4 nitrogen and oxygen atoms in total. The molecule has 0 aliphatic heterocycles. The van der Waals surface area contributed by atoms with Crippen LogP contribution in [0.2, 0.25) is 0 Å². The normalized spacial score (nSPS) is 31.9. The van der Waals surface area contributed by atoms with E-state index < -0.39 is 11.4 Å². The van der Waals surface area contributed by atoms with Gasteiger partial charge in [0.15, 0.2) is 0 Å². The first-order valence-corrected chi connectivity index (χ1v) is 5.52. The van der Waals surface area contributed by atoms with E-state index in [9.17, 15) is 15.0 Å². The third-order valence-electron chi connectivity index (χ3n) is 3.40. The maximum absolute atomic E-state index is 11.3. The quantitative estimate of drug-likeness (QED) is 0.733. The monoisotopic (exact) mass is 215 g/mol. The molecule has 0 aromatic heterocycles. The number of hydrogen-bond donors (Lipinski definition) is 2. The summed E-state index contributed by atoms with van der Waals surface area (Å²) in [6, 6.07) is 0. The second kappa shape index (κ2) is 4.94. The van der Waals surface area contributed by atoms with Gasteiger partial charge in [0.05, 0.1) is 11.5 Å². The van der Waals surface area contributed by atoms with Crippen molar-refractivity contribution in [2.75, 3.05) is 20.6 Å². The molecule has 1 aliphatic carbocycles. The highest BCUT2D eigenvalue weighted by Gasteiger charge is 2.41. The van der Waals surface area contributed by atoms with Crippen molar-refractivity contribution in [1.82, 2.24) is 4.90 Å². The maximum Gasteiger partial charge on any atom is 0.309 e. The summed E-state index contributed by atoms with van der Waals surface area (Å²) in [4.78, 5) is 13.3. The van der Waals surface area contributed by atoms with E-state index >= 15 is 0 Å². The highest BCUT2D eigenvalue weighted by atomic mass is 16.4. The van der Waals surface area contributed by atoms with E-state index in [-0.39, 0.29) is 6.10 Å². The van der Waals surface area contributed by atoms with Gasteiger partial charge in [-0.15, -0.1) is 0 Å². The Morgan fingerprint density at radius 1 is 1.40 bits per heavy atom. The van der Waals surface area contributed by atoms with Crippen molar-refractivity contribution in [2.45, 2.75) is 38.2 Å². The minimum Gasteiger partial charge on any atom is -0.481 e. The molecule has 0 heterocycles. The van der Waals surface area contributed by atoms with Crippen molar-refractivity contribution in [3.63, 3.8) is 0 Å². The lowest BCUT2D eigenvalue weighted by Gasteiger charge is -2.35. The highest BCUT2D eigenvalue weighted by molar-refractivity contribution is 5.74. The number of carboxylic acid groups (broad SMARTS) is 1. The molecule has 0 aromatic carbocycles. The zero-order valence-corrected chi connectivity index (χ0v) is 9.57. The van der Waals surface area contributed by atoms with Crippen LogP contribution < -0.4 is 0 Å². The minimum absolute atomic E-state index is 0.295. The Balaban J connectivity index is 2.59. The molecule has 1 fully saturated rings. The molecule has 1 saturated carbocycles. The average Bonchev–Trinajstić information content (AvgIpc) is 2.17. The first-order chi connectivity index (χ1) is 6.96. The Hall–Kier alpha value is -0.610. The van der Waals surface area contributed by atoms with Crippen LogP contribution in [0.5, 0.6) is 0 Å². The average molecular weight is 215 g/mol. The van der Waals surface area contributed by atoms with Crippen LogP contribution in [0.4, 0.5) is 0 Å². The Morgan fingerprint density at radius 2 is 1.93 bits per heavy atom. The van der Waals surface area contributed by atoms with Gasteiger partial charge in [-0.25, -0.2) is 0 Å². The number of hydrogen-bond acceptors (Lipinski definition) is 3. The van der Waals surface area contributed by atoms with E-state index in [0.717, 1.165) is 6.54 Å². The lowest BCUT2D eigenvalue weighted by atomic mass is 9.71. The number of carbonyl (C=O) groups is 1. The van der Waals surface area contributed by atoms with Gasteiger partial charge in [0.2, 0.25) is 0 Å². The number of aliphatic carboxylic acids is 1. The van der Waals surface area contributed by atoms with E-state index in [1.54, 1.807) is 0 Å². The third-order valence-corrected chi connectivity index (χ3v) is 3.40. The number of aliphatic hydroxyl groups excluding tert-OH is 1. The molecule has 88 valence electrons. The summed E-state index contributed by atoms with van der Waals surface area (Å²) in [5, 5.41) is 18.7. The Kier molecular flexibility index (Phi) is 4.11. The van der Waals surface area contributed by atoms with Crippen LogP contribution in [0.25, 0.3) is 0 Å². The molecular formula is C11H21NO3. The first kappa shape index (κ1) is 12.5. The van der Waals surface area contributed by atoms with Crippen molar-refractivity contribution in [1.29, 1.82) is 0 Å². The van der Waals surface area contributed by atoms with Gasteiger partial charge in [0.25, 0.3) is 0 Å². The lowest BCUT2D eigenvalue weighted by Crippen LogP contribution is -2.39. The van der Waals surface area contributed by atoms with Gasteiger partial charge in [0.1, 0.15) is 0 Å². The highest BCUT2D eigenvalue weighted by Crippen LogP contribution is 2.39. The van der Waals surface area contributed by atoms with Crippen LogP contribution in [0.3, 0.4) is 0 Å². The fraction of sp³-hybridized carbons (Fsp3) is 0.909. The maximum atomic E-state index is 11.3. The standard InChI is InChI=1S/C11H21NO3/c1-12(2)8-7-11(10(14)15)5-3-9(13)4-6-11/h9,13H,3-8H2,1-2H3,(H,14,15). The molecular weight excluding hydrogens is 194 g/mol. The number of nitrogens with zero attached hydrogens (tertiary/aromatic N) is 1. The molecule has 0 aromatic rings. The summed E-state index contributed by atoms with van der Waals surface area (Å²) in [7, 11) is 3.90. The molecule has 0 unspecified atom stereocenters. The molecule has 0 radical (unpaired) electrons. The fourth-order valence-corrected chi connectivity index (χ4v) is 2.16. The molecule has 2 N–H and O–H groups in total. The van der Waals surface area contributed by atoms with Crippen LogP contribution in [-0.2, 0) is 4.79 Å². The fourth-order valence-electron chi connectivity index (χ4n) is 2.16. The van der Waals surface area contributed by atoms with Crippen molar-refractivity contribution < 1.29 is 15.0 Å². The van der Waals surface area contributed by atoms with Gasteiger partial charge in [0, 0.05) is 0 Å². The van der Waals surface area contributed by atoms with Crippen molar-refractivity contribution in [3.05, 3.63) is 0 Å². The summed E-state index contributed by atoms with van der Waals surface area (Å²) in [6.45, 7) is 0.794. The molecule has 1 rings (SSSR count). The Labute approximate surface area is 90.9 Å². The van der Waals surface area contributed by atoms with Crippen molar-refractivity contribution >= 4 is 5.97 Å². The molecule has 0 bridgehead atoms. The van der Waals surface area contributed by atoms with Crippen molar-refractivity contribution in [2.24, 2.45) is 5.41 Å². The third kappa shape index (κ3) is 3.18. The topological polar surface area (TPSA) is 60.8 Å². The van der Waals surface area contributed by atoms with Gasteiger partial charge >= 0.3 is 5.97 Å². The smallest absolute Gasteiger partial charge is 0.309 e. The largest absolute Gasteiger partial charge is 0.481 e. The van der Waals surface area contributed by atoms with E-state index in [1.165, 1.54) is 0 Å². The summed E-state index contributed by atoms with van der Waals surface area (Å²) >= 11 is 0. The van der Waals surface area contributed by atoms with E-state index in [2.05, 4.69) is 0 Å². The van der Waals surface area contributed by atoms with Crippen LogP contribution in [0, 0.1) is 5.41 Å². The number of carboxylic acids is 1. The molecule has 0 saturated heterocycles. The van der Waals surface area contributed by atoms with E-state index in [4.69, 9.17) is 0 Å². The predicted molar refractivity (Wildman–Crippen MR) is 57.7 cm³/mol. The van der Waals surface area contributed by atoms with Crippen LogP contribution in [0.15, 0.2) is 0 Å². The zero-order chi connectivity index (χ0) is 11.5. The number of rotatable bonds is 4. The Bertz CT molecular complexity index is 220. The second-order valence-electron chi connectivity index (χ2n) is 4.87. The molecule has 4 heteroatoms. The Morgan fingerprint density at radius 3 is 2.33 bits per heavy atom. The minimum atomic E-state index is -0.698. The van der Waals surface area contributed by atoms with Gasteiger partial charge in [-0.2, -0.15) is 0 Å². The SMILES string of the molecule is CN(C)CCC1(C(=O)O)CCC(O)CC1. The molecule has 1 aliphatic rings. The lowest BCUT2D eigenvalue weighted by molar-refractivity contribution is -0.153. The number of aliphatic hydroxyl groups is 1. The molecule has 15 heavy (non-hydrogen) atoms. The van der Waals surface area contributed by atoms with Crippen LogP contribution >= 0.6 is 0 Å². The molecule has 0 amide bonds. The van der Waals surface area contributed by atoms with Gasteiger partial charge < -0.3 is 15.1 Å². The summed E-state index contributed by atoms with van der Waals surface area (Å²) in [5.41, 5.74) is -0.594. The van der Waals surface area contributed by atoms with Gasteiger partial charge in [-0.05, 0) is 52.7 Å². The van der Waals surface area contributed by atoms with Crippen LogP contribution in [-0.4, -0.2) is 47.8 Å². The predicted octanol–water partition coefficient (Wildman–Crippen LogP) is 0.944. The van der Waals surface area contributed by atoms with Gasteiger partial charge in [-0.3, -0.25) is 4.79 Å². The summed E-state index contributed by atoms with van der Waals surface area (Å²) in [5.74, 6) is -0.698. The molecule has 0 spiro atoms.